The first-order chi connectivity index (χ1) is 13.5. The van der Waals surface area contributed by atoms with Crippen LogP contribution in [0.3, 0.4) is 0 Å². The highest BCUT2D eigenvalue weighted by Gasteiger charge is 2.24. The number of methoxy groups -OCH3 is 1. The summed E-state index contributed by atoms with van der Waals surface area (Å²) in [7, 11) is 1.33. The lowest BCUT2D eigenvalue weighted by Gasteiger charge is -2.29. The number of carbonyl (C=O) groups is 3. The van der Waals surface area contributed by atoms with Gasteiger partial charge < -0.3 is 14.8 Å². The van der Waals surface area contributed by atoms with Crippen molar-refractivity contribution in [3.8, 4) is 0 Å². The van der Waals surface area contributed by atoms with Gasteiger partial charge >= 0.3 is 18.1 Å². The van der Waals surface area contributed by atoms with E-state index < -0.39 is 23.8 Å². The zero-order valence-electron chi connectivity index (χ0n) is 18.2. The molecule has 1 aromatic carbocycles. The predicted octanol–water partition coefficient (Wildman–Crippen LogP) is 3.79. The molecule has 0 aliphatic rings. The summed E-state index contributed by atoms with van der Waals surface area (Å²) in [6.07, 6.45) is -0.191. The predicted molar refractivity (Wildman–Crippen MR) is 110 cm³/mol. The SMILES string of the molecule is COC(=O)CCC(NC(=O)N(CC(C)C)NC(=O)OC(C)(C)C)c1ccccc1. The molecular weight excluding hydrogens is 374 g/mol. The smallest absolute Gasteiger partial charge is 0.426 e. The number of benzene rings is 1. The molecule has 1 aromatic rings. The summed E-state index contributed by atoms with van der Waals surface area (Å²) in [5.41, 5.74) is 2.68. The van der Waals surface area contributed by atoms with Crippen molar-refractivity contribution in [3.05, 3.63) is 35.9 Å². The number of carbonyl (C=O) groups excluding carboxylic acids is 3. The Balaban J connectivity index is 2.92. The van der Waals surface area contributed by atoms with Gasteiger partial charge in [-0.3, -0.25) is 4.79 Å². The molecule has 162 valence electrons. The van der Waals surface area contributed by atoms with Gasteiger partial charge in [0.15, 0.2) is 0 Å². The molecule has 1 rings (SSSR count). The lowest BCUT2D eigenvalue weighted by Crippen LogP contribution is -2.53. The van der Waals surface area contributed by atoms with Crippen LogP contribution < -0.4 is 10.7 Å². The Morgan fingerprint density at radius 1 is 1.10 bits per heavy atom. The highest BCUT2D eigenvalue weighted by molar-refractivity contribution is 5.78. The standard InChI is InChI=1S/C21H33N3O5/c1-15(2)14-24(23-20(27)29-21(3,4)5)19(26)22-17(12-13-18(25)28-6)16-10-8-7-9-11-16/h7-11,15,17H,12-14H2,1-6H3,(H,22,26)(H,23,27). The Labute approximate surface area is 172 Å². The molecule has 1 unspecified atom stereocenters. The third kappa shape index (κ3) is 9.82. The van der Waals surface area contributed by atoms with E-state index in [-0.39, 0.29) is 18.3 Å². The molecule has 29 heavy (non-hydrogen) atoms. The molecule has 8 nitrogen and oxygen atoms in total. The average Bonchev–Trinajstić information content (AvgIpc) is 2.62. The minimum absolute atomic E-state index is 0.112. The number of esters is 1. The van der Waals surface area contributed by atoms with Crippen molar-refractivity contribution in [2.24, 2.45) is 5.92 Å². The highest BCUT2D eigenvalue weighted by Crippen LogP contribution is 2.19. The van der Waals surface area contributed by atoms with E-state index in [0.29, 0.717) is 13.0 Å². The summed E-state index contributed by atoms with van der Waals surface area (Å²) < 4.78 is 9.96. The molecule has 8 heteroatoms. The van der Waals surface area contributed by atoms with Crippen LogP contribution in [0, 0.1) is 5.92 Å². The van der Waals surface area contributed by atoms with Crippen LogP contribution in [0.5, 0.6) is 0 Å². The van der Waals surface area contributed by atoms with Crippen LogP contribution in [0.2, 0.25) is 0 Å². The fraction of sp³-hybridized carbons (Fsp3) is 0.571. The molecule has 0 fully saturated rings. The Morgan fingerprint density at radius 2 is 1.72 bits per heavy atom. The largest absolute Gasteiger partial charge is 0.469 e. The van der Waals surface area contributed by atoms with Gasteiger partial charge in [-0.05, 0) is 38.7 Å². The first-order valence-corrected chi connectivity index (χ1v) is 9.71. The number of hydrazine groups is 1. The van der Waals surface area contributed by atoms with Gasteiger partial charge in [-0.1, -0.05) is 44.2 Å². The Hall–Kier alpha value is -2.77. The number of nitrogens with zero attached hydrogens (tertiary/aromatic N) is 1. The molecule has 3 amide bonds. The van der Waals surface area contributed by atoms with Crippen LogP contribution >= 0.6 is 0 Å². The minimum atomic E-state index is -0.709. The lowest BCUT2D eigenvalue weighted by atomic mass is 10.0. The van der Waals surface area contributed by atoms with Crippen molar-refractivity contribution in [1.82, 2.24) is 15.8 Å². The van der Waals surface area contributed by atoms with Gasteiger partial charge in [0.05, 0.1) is 13.2 Å². The van der Waals surface area contributed by atoms with Crippen LogP contribution in [-0.4, -0.2) is 42.4 Å². The van der Waals surface area contributed by atoms with Crippen molar-refractivity contribution in [2.45, 2.75) is 59.1 Å². The van der Waals surface area contributed by atoms with Crippen LogP contribution in [0.4, 0.5) is 9.59 Å². The quantitative estimate of drug-likeness (QED) is 0.529. The lowest BCUT2D eigenvalue weighted by molar-refractivity contribution is -0.140. The first kappa shape index (κ1) is 24.3. The van der Waals surface area contributed by atoms with E-state index in [1.807, 2.05) is 44.2 Å². The van der Waals surface area contributed by atoms with Crippen molar-refractivity contribution in [1.29, 1.82) is 0 Å². The van der Waals surface area contributed by atoms with Crippen LogP contribution in [0.1, 0.15) is 59.1 Å². The van der Waals surface area contributed by atoms with Crippen LogP contribution in [-0.2, 0) is 14.3 Å². The van der Waals surface area contributed by atoms with Gasteiger partial charge in [-0.15, -0.1) is 0 Å². The highest BCUT2D eigenvalue weighted by atomic mass is 16.6. The van der Waals surface area contributed by atoms with Gasteiger partial charge in [0.1, 0.15) is 5.60 Å². The maximum atomic E-state index is 12.9. The molecule has 0 heterocycles. The maximum Gasteiger partial charge on any atom is 0.426 e. The van der Waals surface area contributed by atoms with Gasteiger partial charge in [0, 0.05) is 13.0 Å². The van der Waals surface area contributed by atoms with Gasteiger partial charge in [0.2, 0.25) is 0 Å². The first-order valence-electron chi connectivity index (χ1n) is 9.71. The van der Waals surface area contributed by atoms with Crippen molar-refractivity contribution < 1.29 is 23.9 Å². The Kier molecular flexibility index (Phi) is 9.44. The Bertz CT molecular complexity index is 671. The number of amides is 3. The zero-order valence-corrected chi connectivity index (χ0v) is 18.2. The number of urea groups is 1. The average molecular weight is 408 g/mol. The van der Waals surface area contributed by atoms with E-state index >= 15 is 0 Å². The van der Waals surface area contributed by atoms with Gasteiger partial charge in [-0.25, -0.2) is 20.0 Å². The topological polar surface area (TPSA) is 97.0 Å². The monoisotopic (exact) mass is 407 g/mol. The third-order valence-corrected chi connectivity index (χ3v) is 3.78. The molecule has 0 aliphatic carbocycles. The number of hydrogen-bond acceptors (Lipinski definition) is 5. The number of rotatable bonds is 7. The molecule has 0 bridgehead atoms. The Morgan fingerprint density at radius 3 is 2.24 bits per heavy atom. The summed E-state index contributed by atoms with van der Waals surface area (Å²) in [5, 5.41) is 4.10. The summed E-state index contributed by atoms with van der Waals surface area (Å²) in [4.78, 5) is 36.6. The normalized spacial score (nSPS) is 12.1. The van der Waals surface area contributed by atoms with E-state index in [9.17, 15) is 14.4 Å². The molecule has 0 spiro atoms. The molecule has 1 atom stereocenters. The van der Waals surface area contributed by atoms with E-state index in [0.717, 1.165) is 5.56 Å². The van der Waals surface area contributed by atoms with Crippen molar-refractivity contribution in [3.63, 3.8) is 0 Å². The molecule has 0 radical (unpaired) electrons. The van der Waals surface area contributed by atoms with E-state index in [2.05, 4.69) is 10.7 Å². The molecule has 0 saturated carbocycles. The third-order valence-electron chi connectivity index (χ3n) is 3.78. The fourth-order valence-electron chi connectivity index (χ4n) is 2.55. The van der Waals surface area contributed by atoms with Crippen LogP contribution in [0.25, 0.3) is 0 Å². The second-order valence-electron chi connectivity index (χ2n) is 8.15. The molecular formula is C21H33N3O5. The molecule has 2 N–H and O–H groups in total. The maximum absolute atomic E-state index is 12.9. The number of hydrogen-bond donors (Lipinski definition) is 2. The summed E-state index contributed by atoms with van der Waals surface area (Å²) >= 11 is 0. The number of nitrogens with one attached hydrogen (secondary N) is 2. The second kappa shape index (κ2) is 11.3. The summed E-state index contributed by atoms with van der Waals surface area (Å²) in [6, 6.07) is 8.43. The van der Waals surface area contributed by atoms with E-state index in [1.54, 1.807) is 20.8 Å². The fourth-order valence-corrected chi connectivity index (χ4v) is 2.55. The second-order valence-corrected chi connectivity index (χ2v) is 8.15. The van der Waals surface area contributed by atoms with Gasteiger partial charge in [-0.2, -0.15) is 0 Å². The molecule has 0 saturated heterocycles. The minimum Gasteiger partial charge on any atom is -0.469 e. The summed E-state index contributed by atoms with van der Waals surface area (Å²) in [6.45, 7) is 9.41. The van der Waals surface area contributed by atoms with Gasteiger partial charge in [0.25, 0.3) is 0 Å². The summed E-state index contributed by atoms with van der Waals surface area (Å²) in [5.74, 6) is -0.243. The number of ether oxygens (including phenoxy) is 2. The van der Waals surface area contributed by atoms with E-state index in [4.69, 9.17) is 9.47 Å². The molecule has 0 aliphatic heterocycles. The van der Waals surface area contributed by atoms with E-state index in [1.165, 1.54) is 12.1 Å². The van der Waals surface area contributed by atoms with Crippen molar-refractivity contribution >= 4 is 18.1 Å². The van der Waals surface area contributed by atoms with Crippen molar-refractivity contribution in [2.75, 3.05) is 13.7 Å². The zero-order chi connectivity index (χ0) is 22.0. The molecule has 0 aromatic heterocycles. The van der Waals surface area contributed by atoms with Crippen LogP contribution in [0.15, 0.2) is 30.3 Å².